The highest BCUT2D eigenvalue weighted by Crippen LogP contribution is 2.11. The summed E-state index contributed by atoms with van der Waals surface area (Å²) >= 11 is 0. The molecule has 0 aliphatic heterocycles. The van der Waals surface area contributed by atoms with E-state index in [1.165, 1.54) is 18.2 Å². The van der Waals surface area contributed by atoms with Crippen molar-refractivity contribution in [3.63, 3.8) is 0 Å². The average molecular weight is 603 g/mol. The van der Waals surface area contributed by atoms with Gasteiger partial charge in [0, 0.05) is 12.0 Å². The van der Waals surface area contributed by atoms with Crippen LogP contribution in [0.25, 0.3) is 0 Å². The van der Waals surface area contributed by atoms with Gasteiger partial charge in [0.05, 0.1) is 17.9 Å². The van der Waals surface area contributed by atoms with Gasteiger partial charge < -0.3 is 31.1 Å². The van der Waals surface area contributed by atoms with Gasteiger partial charge in [0.2, 0.25) is 17.7 Å². The SMILES string of the molecule is CC(C)[C@H](NC(=O)CNC(=O)[C@H](CC(=O)O)NC(=O)OCc1ccccc1)C(=O)NC/C=C/S(=O)(=O)c1ccccc1. The molecule has 226 valence electrons. The molecule has 2 aromatic carbocycles. The number of hydrogen-bond acceptors (Lipinski definition) is 8. The third-order valence-electron chi connectivity index (χ3n) is 5.63. The summed E-state index contributed by atoms with van der Waals surface area (Å²) in [7, 11) is -3.68. The Labute approximate surface area is 243 Å². The van der Waals surface area contributed by atoms with Crippen LogP contribution in [-0.2, 0) is 40.4 Å². The van der Waals surface area contributed by atoms with Crippen molar-refractivity contribution in [1.82, 2.24) is 21.3 Å². The third kappa shape index (κ3) is 11.8. The minimum atomic E-state index is -3.68. The summed E-state index contributed by atoms with van der Waals surface area (Å²) in [5.74, 6) is -4.02. The molecular weight excluding hydrogens is 568 g/mol. The van der Waals surface area contributed by atoms with Crippen molar-refractivity contribution in [3.8, 4) is 0 Å². The Morgan fingerprint density at radius 1 is 0.881 bits per heavy atom. The van der Waals surface area contributed by atoms with Crippen molar-refractivity contribution in [1.29, 1.82) is 0 Å². The average Bonchev–Trinajstić information content (AvgIpc) is 2.96. The summed E-state index contributed by atoms with van der Waals surface area (Å²) in [5, 5.41) is 19.5. The van der Waals surface area contributed by atoms with Crippen molar-refractivity contribution < 1.29 is 42.2 Å². The molecule has 0 aromatic heterocycles. The topological polar surface area (TPSA) is 197 Å². The summed E-state index contributed by atoms with van der Waals surface area (Å²) in [4.78, 5) is 61.1. The van der Waals surface area contributed by atoms with Crippen molar-refractivity contribution in [2.24, 2.45) is 5.92 Å². The largest absolute Gasteiger partial charge is 0.481 e. The molecule has 0 spiro atoms. The summed E-state index contributed by atoms with van der Waals surface area (Å²) < 4.78 is 29.6. The van der Waals surface area contributed by atoms with E-state index >= 15 is 0 Å². The molecule has 0 aliphatic rings. The Bertz CT molecular complexity index is 1360. The number of alkyl carbamates (subject to hydrolysis) is 1. The summed E-state index contributed by atoms with van der Waals surface area (Å²) in [6, 6.07) is 13.9. The number of hydrogen-bond donors (Lipinski definition) is 5. The normalized spacial score (nSPS) is 12.6. The predicted octanol–water partition coefficient (Wildman–Crippen LogP) is 1.12. The fraction of sp³-hybridized carbons (Fsp3) is 0.321. The molecule has 4 amide bonds. The fourth-order valence-electron chi connectivity index (χ4n) is 3.47. The zero-order chi connectivity index (χ0) is 31.1. The Balaban J connectivity index is 1.86. The van der Waals surface area contributed by atoms with Gasteiger partial charge in [-0.2, -0.15) is 0 Å². The number of carboxylic acid groups (broad SMARTS) is 1. The van der Waals surface area contributed by atoms with Crippen molar-refractivity contribution in [2.45, 2.75) is 43.9 Å². The van der Waals surface area contributed by atoms with Gasteiger partial charge in [-0.1, -0.05) is 68.5 Å². The smallest absolute Gasteiger partial charge is 0.408 e. The van der Waals surface area contributed by atoms with Crippen LogP contribution in [0.15, 0.2) is 77.0 Å². The van der Waals surface area contributed by atoms with E-state index < -0.39 is 64.7 Å². The second-order valence-corrected chi connectivity index (χ2v) is 11.2. The van der Waals surface area contributed by atoms with Crippen LogP contribution in [0.1, 0.15) is 25.8 Å². The molecule has 0 aliphatic carbocycles. The third-order valence-corrected chi connectivity index (χ3v) is 7.11. The molecule has 42 heavy (non-hydrogen) atoms. The molecule has 2 aromatic rings. The molecule has 2 rings (SSSR count). The first-order valence-corrected chi connectivity index (χ1v) is 14.4. The van der Waals surface area contributed by atoms with Crippen LogP contribution >= 0.6 is 0 Å². The monoisotopic (exact) mass is 602 g/mol. The summed E-state index contributed by atoms with van der Waals surface area (Å²) in [6.07, 6.45) is -0.523. The first kappa shape index (κ1) is 33.5. The van der Waals surface area contributed by atoms with Gasteiger partial charge in [-0.15, -0.1) is 0 Å². The maximum Gasteiger partial charge on any atom is 0.408 e. The lowest BCUT2D eigenvalue weighted by Gasteiger charge is -2.22. The molecule has 5 N–H and O–H groups in total. The van der Waals surface area contributed by atoms with E-state index in [-0.39, 0.29) is 24.0 Å². The number of sulfone groups is 1. The van der Waals surface area contributed by atoms with E-state index in [0.717, 1.165) is 5.41 Å². The molecule has 0 unspecified atom stereocenters. The highest BCUT2D eigenvalue weighted by atomic mass is 32.2. The number of carbonyl (C=O) groups excluding carboxylic acids is 4. The van der Waals surface area contributed by atoms with E-state index in [0.29, 0.717) is 5.56 Å². The van der Waals surface area contributed by atoms with Crippen LogP contribution in [0.3, 0.4) is 0 Å². The molecule has 2 atom stereocenters. The second kappa shape index (κ2) is 16.5. The predicted molar refractivity (Wildman–Crippen MR) is 151 cm³/mol. The van der Waals surface area contributed by atoms with Crippen molar-refractivity contribution >= 4 is 39.6 Å². The van der Waals surface area contributed by atoms with Crippen LogP contribution in [0.5, 0.6) is 0 Å². The van der Waals surface area contributed by atoms with Gasteiger partial charge in [-0.3, -0.25) is 19.2 Å². The number of benzene rings is 2. The molecule has 0 fully saturated rings. The van der Waals surface area contributed by atoms with E-state index in [4.69, 9.17) is 9.84 Å². The van der Waals surface area contributed by atoms with E-state index in [2.05, 4.69) is 21.3 Å². The highest BCUT2D eigenvalue weighted by molar-refractivity contribution is 7.94. The first-order chi connectivity index (χ1) is 19.9. The van der Waals surface area contributed by atoms with Gasteiger partial charge in [-0.05, 0) is 23.6 Å². The van der Waals surface area contributed by atoms with Crippen LogP contribution in [-0.4, -0.2) is 68.5 Å². The lowest BCUT2D eigenvalue weighted by atomic mass is 10.0. The number of aliphatic carboxylic acids is 1. The summed E-state index contributed by atoms with van der Waals surface area (Å²) in [6.45, 7) is 2.51. The quantitative estimate of drug-likeness (QED) is 0.198. The molecule has 14 heteroatoms. The van der Waals surface area contributed by atoms with Crippen LogP contribution in [0, 0.1) is 5.92 Å². The zero-order valence-electron chi connectivity index (χ0n) is 23.1. The van der Waals surface area contributed by atoms with Gasteiger partial charge in [0.1, 0.15) is 18.7 Å². The molecule has 0 saturated carbocycles. The first-order valence-electron chi connectivity index (χ1n) is 12.9. The van der Waals surface area contributed by atoms with Crippen molar-refractivity contribution in [2.75, 3.05) is 13.1 Å². The van der Waals surface area contributed by atoms with E-state index in [1.807, 2.05) is 0 Å². The molecule has 0 heterocycles. The Morgan fingerprint density at radius 3 is 2.10 bits per heavy atom. The number of amides is 4. The van der Waals surface area contributed by atoms with Crippen LogP contribution in [0.2, 0.25) is 0 Å². The minimum Gasteiger partial charge on any atom is -0.481 e. The fourth-order valence-corrected chi connectivity index (χ4v) is 4.52. The maximum absolute atomic E-state index is 12.6. The summed E-state index contributed by atoms with van der Waals surface area (Å²) in [5.41, 5.74) is 0.681. The lowest BCUT2D eigenvalue weighted by Crippen LogP contribution is -2.54. The van der Waals surface area contributed by atoms with Crippen molar-refractivity contribution in [3.05, 3.63) is 77.7 Å². The van der Waals surface area contributed by atoms with Crippen LogP contribution < -0.4 is 21.3 Å². The molecule has 0 saturated heterocycles. The number of carbonyl (C=O) groups is 5. The maximum atomic E-state index is 12.6. The minimum absolute atomic E-state index is 0.103. The number of ether oxygens (including phenoxy) is 1. The molecular formula is C28H34N4O9S. The highest BCUT2D eigenvalue weighted by Gasteiger charge is 2.27. The standard InChI is InChI=1S/C28H34N4O9S/c1-19(2)25(27(37)29-14-9-15-42(39,40)21-12-7-4-8-13-21)32-23(33)17-30-26(36)22(16-24(34)35)31-28(38)41-18-20-10-5-3-6-11-20/h3-13,15,19,22,25H,14,16-18H2,1-2H3,(H,29,37)(H,30,36)(H,31,38)(H,32,33)(H,34,35)/b15-9+/t22-,25-/m0/s1. The zero-order valence-corrected chi connectivity index (χ0v) is 23.9. The van der Waals surface area contributed by atoms with Gasteiger partial charge in [0.15, 0.2) is 9.84 Å². The van der Waals surface area contributed by atoms with Gasteiger partial charge in [-0.25, -0.2) is 13.2 Å². The second-order valence-electron chi connectivity index (χ2n) is 9.34. The van der Waals surface area contributed by atoms with E-state index in [9.17, 15) is 32.4 Å². The lowest BCUT2D eigenvalue weighted by molar-refractivity contribution is -0.140. The molecule has 13 nitrogen and oxygen atoms in total. The Hall–Kier alpha value is -4.72. The molecule has 0 radical (unpaired) electrons. The number of carboxylic acids is 1. The van der Waals surface area contributed by atoms with Gasteiger partial charge >= 0.3 is 12.1 Å². The Morgan fingerprint density at radius 2 is 1.50 bits per heavy atom. The molecule has 0 bridgehead atoms. The number of rotatable bonds is 15. The van der Waals surface area contributed by atoms with E-state index in [1.54, 1.807) is 62.4 Å². The Kier molecular flexibility index (Phi) is 13.2. The number of nitrogens with one attached hydrogen (secondary N) is 4. The van der Waals surface area contributed by atoms with Gasteiger partial charge in [0.25, 0.3) is 0 Å². The van der Waals surface area contributed by atoms with Crippen LogP contribution in [0.4, 0.5) is 4.79 Å².